The summed E-state index contributed by atoms with van der Waals surface area (Å²) in [6, 6.07) is 1.91. The van der Waals surface area contributed by atoms with Gasteiger partial charge in [-0.2, -0.15) is 0 Å². The summed E-state index contributed by atoms with van der Waals surface area (Å²) in [5, 5.41) is 6.51. The fourth-order valence-electron chi connectivity index (χ4n) is 1.60. The first kappa shape index (κ1) is 16.7. The molecule has 0 aliphatic rings. The zero-order valence-corrected chi connectivity index (χ0v) is 12.9. The Morgan fingerprint density at radius 3 is 2.35 bits per heavy atom. The van der Waals surface area contributed by atoms with E-state index in [0.717, 1.165) is 31.1 Å². The second kappa shape index (κ2) is 9.50. The van der Waals surface area contributed by atoms with Crippen LogP contribution in [0.3, 0.4) is 0 Å². The highest BCUT2D eigenvalue weighted by Gasteiger charge is 2.04. The maximum Gasteiger partial charge on any atom is 0.158 e. The molecule has 0 unspecified atom stereocenters. The zero-order chi connectivity index (χ0) is 14.8. The molecular formula is C14H26N4O2. The van der Waals surface area contributed by atoms with Gasteiger partial charge in [-0.15, -0.1) is 0 Å². The Morgan fingerprint density at radius 1 is 1.15 bits per heavy atom. The molecule has 0 saturated carbocycles. The molecule has 1 aromatic rings. The second-order valence-electron chi connectivity index (χ2n) is 4.76. The van der Waals surface area contributed by atoms with Crippen molar-refractivity contribution in [3.05, 3.63) is 11.9 Å². The van der Waals surface area contributed by atoms with Crippen molar-refractivity contribution in [2.24, 2.45) is 0 Å². The average Bonchev–Trinajstić information content (AvgIpc) is 2.41. The molecule has 0 aromatic carbocycles. The minimum absolute atomic E-state index is 0.244. The van der Waals surface area contributed by atoms with Crippen LogP contribution in [-0.2, 0) is 16.1 Å². The van der Waals surface area contributed by atoms with Gasteiger partial charge in [-0.3, -0.25) is 0 Å². The van der Waals surface area contributed by atoms with E-state index in [0.29, 0.717) is 19.0 Å². The third-order valence-corrected chi connectivity index (χ3v) is 2.46. The lowest BCUT2D eigenvalue weighted by atomic mass is 10.4. The number of aromatic nitrogens is 2. The Labute approximate surface area is 121 Å². The van der Waals surface area contributed by atoms with Crippen LogP contribution in [0.15, 0.2) is 6.07 Å². The quantitative estimate of drug-likeness (QED) is 0.642. The van der Waals surface area contributed by atoms with Crippen LogP contribution in [0.25, 0.3) is 0 Å². The molecule has 0 aliphatic heterocycles. The standard InChI is InChI=1S/C14H26N4O2/c1-5-6-15-12-9-13(16-7-8-20-11(2)3)18-14(17-12)10-19-4/h9,11H,5-8,10H2,1-4H3,(H2,15,16,17,18). The van der Waals surface area contributed by atoms with Crippen LogP contribution in [0.1, 0.15) is 33.0 Å². The first-order chi connectivity index (χ1) is 9.65. The molecule has 0 aliphatic carbocycles. The van der Waals surface area contributed by atoms with E-state index in [9.17, 15) is 0 Å². The second-order valence-corrected chi connectivity index (χ2v) is 4.76. The summed E-state index contributed by atoms with van der Waals surface area (Å²) in [5.74, 6) is 2.28. The van der Waals surface area contributed by atoms with Gasteiger partial charge in [0, 0.05) is 26.3 Å². The summed E-state index contributed by atoms with van der Waals surface area (Å²) < 4.78 is 10.6. The van der Waals surface area contributed by atoms with Crippen molar-refractivity contribution in [1.82, 2.24) is 9.97 Å². The van der Waals surface area contributed by atoms with E-state index in [1.54, 1.807) is 7.11 Å². The van der Waals surface area contributed by atoms with Gasteiger partial charge < -0.3 is 20.1 Å². The van der Waals surface area contributed by atoms with E-state index in [-0.39, 0.29) is 6.10 Å². The molecule has 0 amide bonds. The maximum absolute atomic E-state index is 5.49. The molecule has 6 nitrogen and oxygen atoms in total. The first-order valence-corrected chi connectivity index (χ1v) is 7.12. The van der Waals surface area contributed by atoms with Crippen LogP contribution in [0.4, 0.5) is 11.6 Å². The van der Waals surface area contributed by atoms with Crippen molar-refractivity contribution in [1.29, 1.82) is 0 Å². The predicted octanol–water partition coefficient (Wildman–Crippen LogP) is 2.28. The van der Waals surface area contributed by atoms with Gasteiger partial charge in [-0.1, -0.05) is 6.92 Å². The number of ether oxygens (including phenoxy) is 2. The van der Waals surface area contributed by atoms with E-state index in [4.69, 9.17) is 9.47 Å². The summed E-state index contributed by atoms with van der Waals surface area (Å²) in [6.07, 6.45) is 1.29. The van der Waals surface area contributed by atoms with Gasteiger partial charge in [0.25, 0.3) is 0 Å². The smallest absolute Gasteiger partial charge is 0.158 e. The van der Waals surface area contributed by atoms with E-state index in [1.807, 2.05) is 19.9 Å². The largest absolute Gasteiger partial charge is 0.377 e. The third-order valence-electron chi connectivity index (χ3n) is 2.46. The van der Waals surface area contributed by atoms with Gasteiger partial charge in [-0.05, 0) is 20.3 Å². The molecular weight excluding hydrogens is 256 g/mol. The van der Waals surface area contributed by atoms with Crippen LogP contribution >= 0.6 is 0 Å². The summed E-state index contributed by atoms with van der Waals surface area (Å²) in [7, 11) is 1.64. The molecule has 2 N–H and O–H groups in total. The molecule has 0 saturated heterocycles. The highest BCUT2D eigenvalue weighted by atomic mass is 16.5. The Morgan fingerprint density at radius 2 is 1.80 bits per heavy atom. The minimum Gasteiger partial charge on any atom is -0.377 e. The van der Waals surface area contributed by atoms with E-state index in [2.05, 4.69) is 27.5 Å². The highest BCUT2D eigenvalue weighted by molar-refractivity contribution is 5.47. The maximum atomic E-state index is 5.49. The highest BCUT2D eigenvalue weighted by Crippen LogP contribution is 2.12. The molecule has 1 aromatic heterocycles. The van der Waals surface area contributed by atoms with Crippen LogP contribution in [0.5, 0.6) is 0 Å². The van der Waals surface area contributed by atoms with Gasteiger partial charge in [0.1, 0.15) is 18.2 Å². The number of nitrogens with one attached hydrogen (secondary N) is 2. The fourth-order valence-corrected chi connectivity index (χ4v) is 1.60. The Kier molecular flexibility index (Phi) is 7.91. The minimum atomic E-state index is 0.244. The fraction of sp³-hybridized carbons (Fsp3) is 0.714. The summed E-state index contributed by atoms with van der Waals surface area (Å²) in [6.45, 7) is 8.82. The van der Waals surface area contributed by atoms with E-state index >= 15 is 0 Å². The Hall–Kier alpha value is -1.40. The molecule has 1 rings (SSSR count). The van der Waals surface area contributed by atoms with Gasteiger partial charge in [0.15, 0.2) is 5.82 Å². The summed E-state index contributed by atoms with van der Waals surface area (Å²) in [4.78, 5) is 8.80. The first-order valence-electron chi connectivity index (χ1n) is 7.12. The Balaban J connectivity index is 2.60. The van der Waals surface area contributed by atoms with Crippen molar-refractivity contribution < 1.29 is 9.47 Å². The molecule has 0 fully saturated rings. The molecule has 1 heterocycles. The Bertz CT molecular complexity index is 385. The number of nitrogens with zero attached hydrogens (tertiary/aromatic N) is 2. The van der Waals surface area contributed by atoms with Crippen LogP contribution in [0, 0.1) is 0 Å². The monoisotopic (exact) mass is 282 g/mol. The molecule has 0 atom stereocenters. The van der Waals surface area contributed by atoms with Crippen molar-refractivity contribution in [3.63, 3.8) is 0 Å². The number of rotatable bonds is 10. The lowest BCUT2D eigenvalue weighted by Gasteiger charge is -2.12. The molecule has 0 radical (unpaired) electrons. The summed E-state index contributed by atoms with van der Waals surface area (Å²) >= 11 is 0. The van der Waals surface area contributed by atoms with Gasteiger partial charge in [-0.25, -0.2) is 9.97 Å². The van der Waals surface area contributed by atoms with Crippen molar-refractivity contribution in [3.8, 4) is 0 Å². The molecule has 20 heavy (non-hydrogen) atoms. The third kappa shape index (κ3) is 6.68. The molecule has 6 heteroatoms. The normalized spacial score (nSPS) is 10.8. The lowest BCUT2D eigenvalue weighted by molar-refractivity contribution is 0.0870. The number of hydrogen-bond acceptors (Lipinski definition) is 6. The average molecular weight is 282 g/mol. The number of hydrogen-bond donors (Lipinski definition) is 2. The van der Waals surface area contributed by atoms with Crippen LogP contribution < -0.4 is 10.6 Å². The van der Waals surface area contributed by atoms with Gasteiger partial charge in [0.2, 0.25) is 0 Å². The van der Waals surface area contributed by atoms with Gasteiger partial charge >= 0.3 is 0 Å². The van der Waals surface area contributed by atoms with Crippen LogP contribution in [0.2, 0.25) is 0 Å². The van der Waals surface area contributed by atoms with Crippen molar-refractivity contribution in [2.45, 2.75) is 39.9 Å². The number of anilines is 2. The lowest BCUT2D eigenvalue weighted by Crippen LogP contribution is -2.15. The topological polar surface area (TPSA) is 68.3 Å². The molecule has 114 valence electrons. The summed E-state index contributed by atoms with van der Waals surface area (Å²) in [5.41, 5.74) is 0. The molecule has 0 bridgehead atoms. The van der Waals surface area contributed by atoms with Gasteiger partial charge in [0.05, 0.1) is 12.7 Å². The van der Waals surface area contributed by atoms with Crippen LogP contribution in [-0.4, -0.2) is 42.9 Å². The SMILES string of the molecule is CCCNc1cc(NCCOC(C)C)nc(COC)n1. The van der Waals surface area contributed by atoms with E-state index < -0.39 is 0 Å². The number of methoxy groups -OCH3 is 1. The predicted molar refractivity (Wildman–Crippen MR) is 81.1 cm³/mol. The molecule has 0 spiro atoms. The van der Waals surface area contributed by atoms with Crippen molar-refractivity contribution in [2.75, 3.05) is 37.4 Å². The van der Waals surface area contributed by atoms with E-state index in [1.165, 1.54) is 0 Å². The zero-order valence-electron chi connectivity index (χ0n) is 12.9. The van der Waals surface area contributed by atoms with Crippen molar-refractivity contribution >= 4 is 11.6 Å².